The highest BCUT2D eigenvalue weighted by atomic mass is 19.3. The van der Waals surface area contributed by atoms with Crippen molar-refractivity contribution >= 4 is 17.3 Å². The SMILES string of the molecule is NCc1c(-c2ccc(C(=O)N3CCC(F)(F)CC3)cc2)nn2c(-c3ccc(F)cc3)cc(C(=O)N3CCC(F)(F)CC3)cc12. The van der Waals surface area contributed by atoms with Gasteiger partial charge in [0.05, 0.1) is 16.9 Å². The van der Waals surface area contributed by atoms with E-state index < -0.39 is 36.4 Å². The van der Waals surface area contributed by atoms with Crippen LogP contribution in [0.2, 0.25) is 0 Å². The molecule has 2 amide bonds. The summed E-state index contributed by atoms with van der Waals surface area (Å²) in [6.45, 7) is -0.170. The van der Waals surface area contributed by atoms with Crippen LogP contribution in [-0.4, -0.2) is 69.3 Å². The highest BCUT2D eigenvalue weighted by molar-refractivity contribution is 5.98. The molecule has 0 unspecified atom stereocenters. The van der Waals surface area contributed by atoms with Crippen LogP contribution in [0.1, 0.15) is 52.0 Å². The average molecular weight is 612 g/mol. The number of likely N-dealkylation sites (tertiary alicyclic amines) is 2. The van der Waals surface area contributed by atoms with Gasteiger partial charge in [0, 0.05) is 86.2 Å². The quantitative estimate of drug-likeness (QED) is 0.281. The van der Waals surface area contributed by atoms with E-state index in [0.717, 1.165) is 0 Å². The third-order valence-electron chi connectivity index (χ3n) is 8.40. The molecule has 2 N–H and O–H groups in total. The maximum Gasteiger partial charge on any atom is 0.254 e. The Morgan fingerprint density at radius 3 is 1.75 bits per heavy atom. The first kappa shape index (κ1) is 29.7. The smallest absolute Gasteiger partial charge is 0.254 e. The number of rotatable bonds is 5. The summed E-state index contributed by atoms with van der Waals surface area (Å²) < 4.78 is 70.1. The Bertz CT molecular complexity index is 1700. The van der Waals surface area contributed by atoms with Crippen LogP contribution in [0, 0.1) is 5.82 Å². The van der Waals surface area contributed by atoms with Crippen molar-refractivity contribution in [2.24, 2.45) is 5.73 Å². The largest absolute Gasteiger partial charge is 0.338 e. The molecule has 230 valence electrons. The van der Waals surface area contributed by atoms with Gasteiger partial charge in [0.2, 0.25) is 0 Å². The summed E-state index contributed by atoms with van der Waals surface area (Å²) in [6, 6.07) is 15.5. The monoisotopic (exact) mass is 611 g/mol. The number of alkyl halides is 4. The summed E-state index contributed by atoms with van der Waals surface area (Å²) >= 11 is 0. The van der Waals surface area contributed by atoms with E-state index in [4.69, 9.17) is 10.8 Å². The lowest BCUT2D eigenvalue weighted by molar-refractivity contribution is -0.0503. The molecule has 4 aromatic rings. The van der Waals surface area contributed by atoms with Crippen LogP contribution >= 0.6 is 0 Å². The van der Waals surface area contributed by atoms with Crippen molar-refractivity contribution in [2.45, 2.75) is 44.1 Å². The lowest BCUT2D eigenvalue weighted by atomic mass is 10.0. The van der Waals surface area contributed by atoms with Crippen LogP contribution in [0.4, 0.5) is 22.0 Å². The van der Waals surface area contributed by atoms with Crippen molar-refractivity contribution in [1.29, 1.82) is 0 Å². The Labute approximate surface area is 250 Å². The van der Waals surface area contributed by atoms with Crippen molar-refractivity contribution in [3.63, 3.8) is 0 Å². The average Bonchev–Trinajstić information content (AvgIpc) is 3.39. The normalized spacial score (nSPS) is 18.0. The number of nitrogens with two attached hydrogens (primary N) is 1. The second kappa shape index (κ2) is 11.3. The van der Waals surface area contributed by atoms with Gasteiger partial charge >= 0.3 is 0 Å². The van der Waals surface area contributed by atoms with Gasteiger partial charge in [0.15, 0.2) is 0 Å². The van der Waals surface area contributed by atoms with Crippen molar-refractivity contribution in [1.82, 2.24) is 19.4 Å². The minimum atomic E-state index is -2.81. The summed E-state index contributed by atoms with van der Waals surface area (Å²) in [5, 5.41) is 4.80. The molecule has 2 aliphatic rings. The maximum absolute atomic E-state index is 13.8. The van der Waals surface area contributed by atoms with Crippen LogP contribution in [0.15, 0.2) is 60.7 Å². The minimum Gasteiger partial charge on any atom is -0.338 e. The molecule has 4 heterocycles. The summed E-state index contributed by atoms with van der Waals surface area (Å²) in [5.74, 6) is -6.76. The van der Waals surface area contributed by atoms with E-state index in [1.165, 1.54) is 21.9 Å². The Hall–Kier alpha value is -4.32. The Kier molecular flexibility index (Phi) is 7.64. The molecule has 0 radical (unpaired) electrons. The number of halogens is 5. The zero-order valence-electron chi connectivity index (χ0n) is 23.7. The first-order valence-corrected chi connectivity index (χ1v) is 14.4. The van der Waals surface area contributed by atoms with E-state index >= 15 is 0 Å². The van der Waals surface area contributed by atoms with Crippen LogP contribution in [0.5, 0.6) is 0 Å². The lowest BCUT2D eigenvalue weighted by Crippen LogP contribution is -2.42. The topological polar surface area (TPSA) is 83.9 Å². The van der Waals surface area contributed by atoms with Crippen LogP contribution in [-0.2, 0) is 6.54 Å². The van der Waals surface area contributed by atoms with Crippen molar-refractivity contribution < 1.29 is 31.5 Å². The van der Waals surface area contributed by atoms with Gasteiger partial charge in [-0.3, -0.25) is 9.59 Å². The van der Waals surface area contributed by atoms with E-state index in [-0.39, 0.29) is 57.0 Å². The van der Waals surface area contributed by atoms with Crippen LogP contribution < -0.4 is 5.73 Å². The van der Waals surface area contributed by atoms with Gasteiger partial charge in [-0.2, -0.15) is 5.10 Å². The van der Waals surface area contributed by atoms with Gasteiger partial charge in [0.1, 0.15) is 5.82 Å². The minimum absolute atomic E-state index is 0.0234. The predicted molar refractivity (Wildman–Crippen MR) is 154 cm³/mol. The molecule has 2 aliphatic heterocycles. The first-order chi connectivity index (χ1) is 20.9. The van der Waals surface area contributed by atoms with Gasteiger partial charge in [-0.15, -0.1) is 0 Å². The number of hydrogen-bond donors (Lipinski definition) is 1. The number of aromatic nitrogens is 2. The highest BCUT2D eigenvalue weighted by Gasteiger charge is 2.37. The number of carbonyl (C=O) groups is 2. The fraction of sp³-hybridized carbons (Fsp3) is 0.344. The summed E-state index contributed by atoms with van der Waals surface area (Å²) in [5.41, 5.74) is 10.1. The molecule has 2 saturated heterocycles. The number of carbonyl (C=O) groups excluding carboxylic acids is 2. The van der Waals surface area contributed by atoms with E-state index in [2.05, 4.69) is 0 Å². The number of benzene rings is 2. The van der Waals surface area contributed by atoms with Gasteiger partial charge in [0.25, 0.3) is 23.7 Å². The summed E-state index contributed by atoms with van der Waals surface area (Å²) in [7, 11) is 0. The molecule has 2 aromatic heterocycles. The van der Waals surface area contributed by atoms with Gasteiger partial charge in [-0.05, 0) is 48.5 Å². The molecule has 7 nitrogen and oxygen atoms in total. The number of pyridine rings is 1. The molecule has 6 rings (SSSR count). The Morgan fingerprint density at radius 2 is 1.23 bits per heavy atom. The number of fused-ring (bicyclic) bond motifs is 1. The van der Waals surface area contributed by atoms with E-state index in [1.54, 1.807) is 53.0 Å². The molecule has 0 spiro atoms. The molecular weight excluding hydrogens is 581 g/mol. The zero-order valence-corrected chi connectivity index (χ0v) is 23.7. The third kappa shape index (κ3) is 5.78. The number of amides is 2. The van der Waals surface area contributed by atoms with Gasteiger partial charge < -0.3 is 15.5 Å². The third-order valence-corrected chi connectivity index (χ3v) is 8.40. The fourth-order valence-corrected chi connectivity index (χ4v) is 5.79. The Balaban J connectivity index is 1.38. The predicted octanol–water partition coefficient (Wildman–Crippen LogP) is 6.01. The number of nitrogens with zero attached hydrogens (tertiary/aromatic N) is 4. The fourth-order valence-electron chi connectivity index (χ4n) is 5.79. The first-order valence-electron chi connectivity index (χ1n) is 14.4. The summed E-state index contributed by atoms with van der Waals surface area (Å²) in [6.07, 6.45) is -1.58. The number of hydrogen-bond acceptors (Lipinski definition) is 4. The molecule has 2 fully saturated rings. The molecule has 0 bridgehead atoms. The highest BCUT2D eigenvalue weighted by Crippen LogP contribution is 2.34. The molecule has 0 atom stereocenters. The van der Waals surface area contributed by atoms with Crippen molar-refractivity contribution in [3.8, 4) is 22.5 Å². The Morgan fingerprint density at radius 1 is 0.727 bits per heavy atom. The molecule has 0 saturated carbocycles. The van der Waals surface area contributed by atoms with Gasteiger partial charge in [-0.1, -0.05) is 12.1 Å². The lowest BCUT2D eigenvalue weighted by Gasteiger charge is -2.31. The van der Waals surface area contributed by atoms with Crippen LogP contribution in [0.3, 0.4) is 0 Å². The van der Waals surface area contributed by atoms with Crippen LogP contribution in [0.25, 0.3) is 28.0 Å². The van der Waals surface area contributed by atoms with E-state index in [9.17, 15) is 31.5 Å². The standard InChI is InChI=1S/C32H30F5N5O2/c33-24-7-5-20(6-8-24)26-17-23(30(44)41-15-11-32(36,37)12-16-41)18-27-25(19-38)28(39-42(26)27)21-1-3-22(4-2-21)29(43)40-13-9-31(34,35)10-14-40/h1-8,17-18H,9-16,19,38H2. The van der Waals surface area contributed by atoms with Crippen molar-refractivity contribution in [3.05, 3.63) is 83.2 Å². The second-order valence-corrected chi connectivity index (χ2v) is 11.3. The maximum atomic E-state index is 13.8. The van der Waals surface area contributed by atoms with E-state index in [0.29, 0.717) is 39.2 Å². The zero-order chi connectivity index (χ0) is 31.2. The van der Waals surface area contributed by atoms with E-state index in [1.807, 2.05) is 0 Å². The molecule has 2 aromatic carbocycles. The van der Waals surface area contributed by atoms with Gasteiger partial charge in [-0.25, -0.2) is 26.5 Å². The second-order valence-electron chi connectivity index (χ2n) is 11.3. The van der Waals surface area contributed by atoms with Crippen molar-refractivity contribution in [2.75, 3.05) is 26.2 Å². The molecule has 12 heteroatoms. The number of piperidine rings is 2. The molecule has 0 aliphatic carbocycles. The molecular formula is C32H30F5N5O2. The summed E-state index contributed by atoms with van der Waals surface area (Å²) in [4.78, 5) is 29.3. The molecule has 44 heavy (non-hydrogen) atoms.